The highest BCUT2D eigenvalue weighted by molar-refractivity contribution is 5.60. The Labute approximate surface area is 119 Å². The second-order valence-electron chi connectivity index (χ2n) is 5.38. The minimum atomic E-state index is 0.749. The lowest BCUT2D eigenvalue weighted by Crippen LogP contribution is -2.07. The van der Waals surface area contributed by atoms with E-state index in [0.717, 1.165) is 42.3 Å². The van der Waals surface area contributed by atoms with Gasteiger partial charge in [0.05, 0.1) is 0 Å². The molecule has 0 aliphatic heterocycles. The maximum absolute atomic E-state index is 4.74. The van der Waals surface area contributed by atoms with Crippen molar-refractivity contribution in [1.82, 2.24) is 15.0 Å². The summed E-state index contributed by atoms with van der Waals surface area (Å²) in [6.07, 6.45) is 5.18. The van der Waals surface area contributed by atoms with Crippen LogP contribution in [-0.2, 0) is 12.8 Å². The SMILES string of the molecule is CCNc1nc(-c2ncc(C)cc2C)nc2c1CCC2. The normalized spacial score (nSPS) is 13.3. The quantitative estimate of drug-likeness (QED) is 0.929. The number of hydrogen-bond donors (Lipinski definition) is 1. The summed E-state index contributed by atoms with van der Waals surface area (Å²) in [6, 6.07) is 2.13. The number of aromatic nitrogens is 3. The third-order valence-electron chi connectivity index (χ3n) is 3.70. The molecule has 0 spiro atoms. The molecule has 0 amide bonds. The highest BCUT2D eigenvalue weighted by atomic mass is 15.0. The van der Waals surface area contributed by atoms with Gasteiger partial charge in [0.1, 0.15) is 11.5 Å². The molecular formula is C16H20N4. The third kappa shape index (κ3) is 2.26. The molecule has 0 aromatic carbocycles. The highest BCUT2D eigenvalue weighted by Crippen LogP contribution is 2.29. The van der Waals surface area contributed by atoms with E-state index in [4.69, 9.17) is 9.97 Å². The standard InChI is InChI=1S/C16H20N4/c1-4-17-15-12-6-5-7-13(12)19-16(20-15)14-11(3)8-10(2)9-18-14/h8-9H,4-7H2,1-3H3,(H,17,19,20). The molecule has 0 fully saturated rings. The first kappa shape index (κ1) is 13.0. The van der Waals surface area contributed by atoms with Crippen LogP contribution in [0.3, 0.4) is 0 Å². The Kier molecular flexibility index (Phi) is 3.38. The molecule has 0 unspecified atom stereocenters. The Bertz CT molecular complexity index is 649. The van der Waals surface area contributed by atoms with E-state index in [9.17, 15) is 0 Å². The second-order valence-corrected chi connectivity index (χ2v) is 5.38. The first-order valence-corrected chi connectivity index (χ1v) is 7.26. The average Bonchev–Trinajstić information content (AvgIpc) is 2.87. The van der Waals surface area contributed by atoms with Gasteiger partial charge < -0.3 is 5.32 Å². The van der Waals surface area contributed by atoms with Crippen LogP contribution in [0.5, 0.6) is 0 Å². The number of fused-ring (bicyclic) bond motifs is 1. The van der Waals surface area contributed by atoms with Crippen LogP contribution in [0.2, 0.25) is 0 Å². The van der Waals surface area contributed by atoms with Crippen LogP contribution in [0, 0.1) is 13.8 Å². The third-order valence-corrected chi connectivity index (χ3v) is 3.70. The number of hydrogen-bond acceptors (Lipinski definition) is 4. The first-order valence-electron chi connectivity index (χ1n) is 7.26. The van der Waals surface area contributed by atoms with Crippen molar-refractivity contribution in [2.24, 2.45) is 0 Å². The molecule has 104 valence electrons. The summed E-state index contributed by atoms with van der Waals surface area (Å²) in [7, 11) is 0. The van der Waals surface area contributed by atoms with Gasteiger partial charge in [-0.05, 0) is 51.2 Å². The Balaban J connectivity index is 2.12. The number of anilines is 1. The number of aryl methyl sites for hydroxylation is 3. The number of nitrogens with one attached hydrogen (secondary N) is 1. The van der Waals surface area contributed by atoms with Gasteiger partial charge in [-0.25, -0.2) is 9.97 Å². The van der Waals surface area contributed by atoms with Gasteiger partial charge in [-0.15, -0.1) is 0 Å². The van der Waals surface area contributed by atoms with Crippen LogP contribution < -0.4 is 5.32 Å². The molecule has 4 heteroatoms. The molecule has 2 heterocycles. The molecule has 0 saturated heterocycles. The average molecular weight is 268 g/mol. The van der Waals surface area contributed by atoms with Crippen molar-refractivity contribution < 1.29 is 0 Å². The van der Waals surface area contributed by atoms with E-state index < -0.39 is 0 Å². The highest BCUT2D eigenvalue weighted by Gasteiger charge is 2.20. The smallest absolute Gasteiger partial charge is 0.180 e. The number of pyridine rings is 1. The molecule has 1 aliphatic carbocycles. The summed E-state index contributed by atoms with van der Waals surface area (Å²) >= 11 is 0. The summed E-state index contributed by atoms with van der Waals surface area (Å²) in [4.78, 5) is 14.0. The van der Waals surface area contributed by atoms with Gasteiger partial charge >= 0.3 is 0 Å². The van der Waals surface area contributed by atoms with Crippen molar-refractivity contribution in [2.45, 2.75) is 40.0 Å². The van der Waals surface area contributed by atoms with Crippen LogP contribution in [0.4, 0.5) is 5.82 Å². The van der Waals surface area contributed by atoms with Gasteiger partial charge in [-0.1, -0.05) is 6.07 Å². The molecule has 20 heavy (non-hydrogen) atoms. The van der Waals surface area contributed by atoms with Crippen LogP contribution in [0.25, 0.3) is 11.5 Å². The maximum Gasteiger partial charge on any atom is 0.180 e. The lowest BCUT2D eigenvalue weighted by molar-refractivity contribution is 0.899. The van der Waals surface area contributed by atoms with E-state index in [1.165, 1.54) is 23.2 Å². The van der Waals surface area contributed by atoms with Crippen molar-refractivity contribution in [3.05, 3.63) is 34.6 Å². The molecule has 2 aromatic rings. The van der Waals surface area contributed by atoms with E-state index in [-0.39, 0.29) is 0 Å². The summed E-state index contributed by atoms with van der Waals surface area (Å²) in [5.74, 6) is 1.74. The van der Waals surface area contributed by atoms with E-state index in [2.05, 4.69) is 37.1 Å². The van der Waals surface area contributed by atoms with Gasteiger partial charge in [0, 0.05) is 24.0 Å². The van der Waals surface area contributed by atoms with E-state index in [1.807, 2.05) is 6.20 Å². The van der Waals surface area contributed by atoms with Crippen molar-refractivity contribution >= 4 is 5.82 Å². The van der Waals surface area contributed by atoms with Crippen LogP contribution in [-0.4, -0.2) is 21.5 Å². The number of rotatable bonds is 3. The molecule has 0 bridgehead atoms. The first-order chi connectivity index (χ1) is 9.69. The molecule has 0 atom stereocenters. The summed E-state index contributed by atoms with van der Waals surface area (Å²) in [6.45, 7) is 7.10. The minimum absolute atomic E-state index is 0.749. The molecular weight excluding hydrogens is 248 g/mol. The molecule has 0 saturated carbocycles. The molecule has 1 aliphatic rings. The maximum atomic E-state index is 4.74. The van der Waals surface area contributed by atoms with Gasteiger partial charge in [-0.3, -0.25) is 4.98 Å². The van der Waals surface area contributed by atoms with E-state index in [1.54, 1.807) is 0 Å². The zero-order valence-electron chi connectivity index (χ0n) is 12.3. The van der Waals surface area contributed by atoms with Gasteiger partial charge in [0.15, 0.2) is 5.82 Å². The van der Waals surface area contributed by atoms with Crippen LogP contribution in [0.1, 0.15) is 35.7 Å². The van der Waals surface area contributed by atoms with Crippen molar-refractivity contribution in [1.29, 1.82) is 0 Å². The lowest BCUT2D eigenvalue weighted by atomic mass is 10.1. The zero-order chi connectivity index (χ0) is 14.1. The van der Waals surface area contributed by atoms with E-state index in [0.29, 0.717) is 0 Å². The van der Waals surface area contributed by atoms with Crippen LogP contribution >= 0.6 is 0 Å². The summed E-state index contributed by atoms with van der Waals surface area (Å²) < 4.78 is 0. The van der Waals surface area contributed by atoms with Crippen molar-refractivity contribution in [3.8, 4) is 11.5 Å². The molecule has 1 N–H and O–H groups in total. The summed E-state index contributed by atoms with van der Waals surface area (Å²) in [5, 5.41) is 3.37. The van der Waals surface area contributed by atoms with Gasteiger partial charge in [0.25, 0.3) is 0 Å². The second kappa shape index (κ2) is 5.19. The molecule has 2 aromatic heterocycles. The fourth-order valence-corrected chi connectivity index (χ4v) is 2.80. The Hall–Kier alpha value is -1.97. The fourth-order valence-electron chi connectivity index (χ4n) is 2.80. The molecule has 0 radical (unpaired) electrons. The molecule has 4 nitrogen and oxygen atoms in total. The monoisotopic (exact) mass is 268 g/mol. The predicted molar refractivity (Wildman–Crippen MR) is 80.9 cm³/mol. The zero-order valence-corrected chi connectivity index (χ0v) is 12.3. The van der Waals surface area contributed by atoms with Crippen molar-refractivity contribution in [3.63, 3.8) is 0 Å². The van der Waals surface area contributed by atoms with Gasteiger partial charge in [0.2, 0.25) is 0 Å². The molecule has 3 rings (SSSR count). The largest absolute Gasteiger partial charge is 0.370 e. The topological polar surface area (TPSA) is 50.7 Å². The number of nitrogens with zero attached hydrogens (tertiary/aromatic N) is 3. The van der Waals surface area contributed by atoms with Crippen LogP contribution in [0.15, 0.2) is 12.3 Å². The minimum Gasteiger partial charge on any atom is -0.370 e. The van der Waals surface area contributed by atoms with Gasteiger partial charge in [-0.2, -0.15) is 0 Å². The summed E-state index contributed by atoms with van der Waals surface area (Å²) in [5.41, 5.74) is 5.67. The lowest BCUT2D eigenvalue weighted by Gasteiger charge is -2.12. The van der Waals surface area contributed by atoms with E-state index >= 15 is 0 Å². The fraction of sp³-hybridized carbons (Fsp3) is 0.438. The van der Waals surface area contributed by atoms with Crippen molar-refractivity contribution in [2.75, 3.05) is 11.9 Å². The predicted octanol–water partition coefficient (Wildman–Crippen LogP) is 3.08. The Morgan fingerprint density at radius 1 is 1.20 bits per heavy atom. The Morgan fingerprint density at radius 3 is 2.80 bits per heavy atom. The Morgan fingerprint density at radius 2 is 2.05 bits per heavy atom.